The van der Waals surface area contributed by atoms with Crippen molar-refractivity contribution in [2.24, 2.45) is 0 Å². The van der Waals surface area contributed by atoms with Gasteiger partial charge >= 0.3 is 5.97 Å². The summed E-state index contributed by atoms with van der Waals surface area (Å²) in [5, 5.41) is 3.17. The van der Waals surface area contributed by atoms with Crippen molar-refractivity contribution in [1.29, 1.82) is 0 Å². The topological polar surface area (TPSA) is 107 Å². The molecule has 138 valence electrons. The van der Waals surface area contributed by atoms with Crippen molar-refractivity contribution < 1.29 is 14.3 Å². The van der Waals surface area contributed by atoms with E-state index in [0.717, 1.165) is 17.3 Å². The van der Waals surface area contributed by atoms with E-state index in [4.69, 9.17) is 22.1 Å². The van der Waals surface area contributed by atoms with Gasteiger partial charge in [-0.1, -0.05) is 29.4 Å². The Bertz CT molecular complexity index is 832. The number of nitrogen functional groups attached to an aromatic ring is 1. The highest BCUT2D eigenvalue weighted by Gasteiger charge is 2.19. The van der Waals surface area contributed by atoms with Crippen LogP contribution in [0.4, 0.5) is 11.5 Å². The lowest BCUT2D eigenvalue weighted by Gasteiger charge is -2.13. The molecule has 0 aliphatic rings. The average molecular weight is 395 g/mol. The van der Waals surface area contributed by atoms with Crippen LogP contribution < -0.4 is 11.1 Å². The van der Waals surface area contributed by atoms with Gasteiger partial charge in [0.25, 0.3) is 0 Å². The minimum Gasteiger partial charge on any atom is -0.462 e. The van der Waals surface area contributed by atoms with Gasteiger partial charge in [-0.3, -0.25) is 4.79 Å². The summed E-state index contributed by atoms with van der Waals surface area (Å²) in [7, 11) is 0. The minimum absolute atomic E-state index is 0.0132. The zero-order valence-electron chi connectivity index (χ0n) is 14.6. The summed E-state index contributed by atoms with van der Waals surface area (Å²) in [6.07, 6.45) is 1.30. The number of aromatic nitrogens is 2. The van der Waals surface area contributed by atoms with Crippen LogP contribution in [0.2, 0.25) is 5.02 Å². The lowest BCUT2D eigenvalue weighted by molar-refractivity contribution is -0.115. The van der Waals surface area contributed by atoms with Crippen molar-refractivity contribution in [3.8, 4) is 0 Å². The molecule has 1 aromatic heterocycles. The Labute approximate surface area is 160 Å². The van der Waals surface area contributed by atoms with Crippen LogP contribution in [-0.4, -0.2) is 33.7 Å². The maximum atomic E-state index is 12.4. The van der Waals surface area contributed by atoms with E-state index in [-0.39, 0.29) is 23.9 Å². The fourth-order valence-corrected chi connectivity index (χ4v) is 2.89. The van der Waals surface area contributed by atoms with Crippen molar-refractivity contribution in [3.05, 3.63) is 40.5 Å². The smallest absolute Gasteiger partial charge is 0.343 e. The van der Waals surface area contributed by atoms with Crippen LogP contribution >= 0.6 is 23.4 Å². The second kappa shape index (κ2) is 8.86. The van der Waals surface area contributed by atoms with Crippen LogP contribution in [0.25, 0.3) is 0 Å². The number of halogens is 1. The normalized spacial score (nSPS) is 11.7. The number of nitrogens with one attached hydrogen (secondary N) is 1. The highest BCUT2D eigenvalue weighted by molar-refractivity contribution is 8.00. The second-order valence-electron chi connectivity index (χ2n) is 5.38. The number of hydrogen-bond acceptors (Lipinski definition) is 7. The molecule has 7 nitrogen and oxygen atoms in total. The maximum Gasteiger partial charge on any atom is 0.343 e. The minimum atomic E-state index is -0.580. The van der Waals surface area contributed by atoms with Crippen LogP contribution in [0.3, 0.4) is 0 Å². The number of esters is 1. The number of carbonyl (C=O) groups excluding carboxylic acids is 2. The number of carbonyl (C=O) groups is 2. The molecule has 0 saturated heterocycles. The summed E-state index contributed by atoms with van der Waals surface area (Å²) in [4.78, 5) is 32.2. The van der Waals surface area contributed by atoms with Crippen molar-refractivity contribution in [1.82, 2.24) is 9.97 Å². The van der Waals surface area contributed by atoms with E-state index in [1.165, 1.54) is 6.20 Å². The predicted octanol–water partition coefficient (Wildman–Crippen LogP) is 3.32. The third kappa shape index (κ3) is 5.09. The van der Waals surface area contributed by atoms with Crippen LogP contribution in [0.1, 0.15) is 29.8 Å². The molecule has 0 aliphatic heterocycles. The van der Waals surface area contributed by atoms with Gasteiger partial charge in [0.2, 0.25) is 5.91 Å². The highest BCUT2D eigenvalue weighted by atomic mass is 35.5. The zero-order valence-corrected chi connectivity index (χ0v) is 16.1. The molecular formula is C17H19ClN4O3S. The van der Waals surface area contributed by atoms with Crippen LogP contribution in [0.5, 0.6) is 0 Å². The lowest BCUT2D eigenvalue weighted by Crippen LogP contribution is -2.23. The third-order valence-electron chi connectivity index (χ3n) is 3.40. The molecule has 1 amide bonds. The number of amides is 1. The molecule has 0 unspecified atom stereocenters. The van der Waals surface area contributed by atoms with Gasteiger partial charge in [0, 0.05) is 16.9 Å². The van der Waals surface area contributed by atoms with E-state index < -0.39 is 11.2 Å². The summed E-state index contributed by atoms with van der Waals surface area (Å²) in [6.45, 7) is 5.52. The van der Waals surface area contributed by atoms with Crippen LogP contribution in [0, 0.1) is 6.92 Å². The summed E-state index contributed by atoms with van der Waals surface area (Å²) in [5.41, 5.74) is 7.43. The number of nitrogens with zero attached hydrogens (tertiary/aromatic N) is 2. The second-order valence-corrected chi connectivity index (χ2v) is 7.12. The number of hydrogen-bond donors (Lipinski definition) is 2. The molecule has 0 spiro atoms. The molecule has 0 saturated carbocycles. The number of aryl methyl sites for hydroxylation is 1. The molecule has 9 heteroatoms. The van der Waals surface area contributed by atoms with Gasteiger partial charge in [-0.05, 0) is 38.5 Å². The fourth-order valence-electron chi connectivity index (χ4n) is 1.98. The quantitative estimate of drug-likeness (QED) is 0.439. The summed E-state index contributed by atoms with van der Waals surface area (Å²) in [6, 6.07) is 5.27. The van der Waals surface area contributed by atoms with Gasteiger partial charge < -0.3 is 15.8 Å². The first-order chi connectivity index (χ1) is 12.3. The first kappa shape index (κ1) is 20.0. The van der Waals surface area contributed by atoms with Gasteiger partial charge in [0.05, 0.1) is 11.9 Å². The first-order valence-electron chi connectivity index (χ1n) is 7.85. The first-order valence-corrected chi connectivity index (χ1v) is 9.11. The van der Waals surface area contributed by atoms with Gasteiger partial charge in [0.15, 0.2) is 5.16 Å². The third-order valence-corrected chi connectivity index (χ3v) is 4.61. The monoisotopic (exact) mass is 394 g/mol. The predicted molar refractivity (Wildman–Crippen MR) is 103 cm³/mol. The largest absolute Gasteiger partial charge is 0.462 e. The maximum absolute atomic E-state index is 12.4. The number of benzene rings is 1. The van der Waals surface area contributed by atoms with E-state index in [2.05, 4.69) is 15.3 Å². The van der Waals surface area contributed by atoms with E-state index in [0.29, 0.717) is 15.9 Å². The Morgan fingerprint density at radius 1 is 1.42 bits per heavy atom. The molecular weight excluding hydrogens is 376 g/mol. The molecule has 3 N–H and O–H groups in total. The standard InChI is InChI=1S/C17H19ClN4O3S/c1-4-25-16(24)12-8-20-17(22-14(12)19)26-10(3)15(23)21-13-7-11(18)6-5-9(13)2/h5-8,10H,4H2,1-3H3,(H,21,23)(H2,19,20,22)/t10-/m0/s1. The number of nitrogens with two attached hydrogens (primary N) is 1. The zero-order chi connectivity index (χ0) is 19.3. The number of thioether (sulfide) groups is 1. The van der Waals surface area contributed by atoms with Gasteiger partial charge in [-0.25, -0.2) is 14.8 Å². The summed E-state index contributed by atoms with van der Waals surface area (Å²) in [5.74, 6) is -0.792. The van der Waals surface area contributed by atoms with Gasteiger partial charge in [-0.15, -0.1) is 0 Å². The highest BCUT2D eigenvalue weighted by Crippen LogP contribution is 2.25. The Kier molecular flexibility index (Phi) is 6.82. The van der Waals surface area contributed by atoms with Gasteiger partial charge in [0.1, 0.15) is 11.4 Å². The number of ether oxygens (including phenoxy) is 1. The Morgan fingerprint density at radius 3 is 2.81 bits per heavy atom. The molecule has 1 aromatic carbocycles. The summed E-state index contributed by atoms with van der Waals surface area (Å²) < 4.78 is 4.87. The Hall–Kier alpha value is -2.32. The number of anilines is 2. The molecule has 0 fully saturated rings. The van der Waals surface area contributed by atoms with E-state index in [9.17, 15) is 9.59 Å². The van der Waals surface area contributed by atoms with Crippen molar-refractivity contribution in [3.63, 3.8) is 0 Å². The van der Waals surface area contributed by atoms with Crippen molar-refractivity contribution >= 4 is 46.7 Å². The van der Waals surface area contributed by atoms with Crippen LogP contribution in [-0.2, 0) is 9.53 Å². The Balaban J connectivity index is 2.05. The molecule has 26 heavy (non-hydrogen) atoms. The SMILES string of the molecule is CCOC(=O)c1cnc(S[C@@H](C)C(=O)Nc2cc(Cl)ccc2C)nc1N. The van der Waals surface area contributed by atoms with Crippen molar-refractivity contribution in [2.45, 2.75) is 31.2 Å². The van der Waals surface area contributed by atoms with E-state index in [1.54, 1.807) is 26.0 Å². The lowest BCUT2D eigenvalue weighted by atomic mass is 10.2. The Morgan fingerprint density at radius 2 is 2.15 bits per heavy atom. The number of rotatable bonds is 6. The molecule has 2 aromatic rings. The van der Waals surface area contributed by atoms with E-state index >= 15 is 0 Å². The van der Waals surface area contributed by atoms with E-state index in [1.807, 2.05) is 13.0 Å². The molecule has 1 atom stereocenters. The fraction of sp³-hybridized carbons (Fsp3) is 0.294. The average Bonchev–Trinajstić information content (AvgIpc) is 2.58. The molecule has 0 radical (unpaired) electrons. The molecule has 2 rings (SSSR count). The molecule has 1 heterocycles. The summed E-state index contributed by atoms with van der Waals surface area (Å²) >= 11 is 7.09. The molecule has 0 aliphatic carbocycles. The van der Waals surface area contributed by atoms with Crippen LogP contribution in [0.15, 0.2) is 29.6 Å². The van der Waals surface area contributed by atoms with Crippen molar-refractivity contribution in [2.75, 3.05) is 17.7 Å². The van der Waals surface area contributed by atoms with Gasteiger partial charge in [-0.2, -0.15) is 0 Å². The molecule has 0 bridgehead atoms.